The van der Waals surface area contributed by atoms with Crippen molar-refractivity contribution >= 4 is 68.8 Å². The van der Waals surface area contributed by atoms with Crippen LogP contribution in [-0.4, -0.2) is 31.2 Å². The second-order valence-corrected chi connectivity index (χ2v) is 10.5. The molecule has 3 aromatic carbocycles. The van der Waals surface area contributed by atoms with Gasteiger partial charge in [-0.25, -0.2) is 5.43 Å². The van der Waals surface area contributed by atoms with Crippen LogP contribution in [0.5, 0.6) is 11.5 Å². The number of halogens is 4. The molecule has 11 heteroatoms. The van der Waals surface area contributed by atoms with Crippen molar-refractivity contribution in [3.8, 4) is 11.5 Å². The summed E-state index contributed by atoms with van der Waals surface area (Å²) in [6, 6.07) is 14.6. The molecule has 1 atom stereocenters. The van der Waals surface area contributed by atoms with Crippen molar-refractivity contribution in [2.45, 2.75) is 26.5 Å². The fourth-order valence-corrected chi connectivity index (χ4v) is 4.42. The molecule has 0 heterocycles. The molecule has 0 spiro atoms. The smallest absolute Gasteiger partial charge is 0.262 e. The number of hydrogen-bond donors (Lipinski definition) is 2. The monoisotopic (exact) mass is 639 g/mol. The van der Waals surface area contributed by atoms with Crippen LogP contribution in [-0.2, 0) is 11.4 Å². The lowest BCUT2D eigenvalue weighted by molar-refractivity contribution is -0.123. The van der Waals surface area contributed by atoms with Gasteiger partial charge in [-0.1, -0.05) is 66.8 Å². The fraction of sp³-hybridized carbons (Fsp3) is 0.222. The van der Waals surface area contributed by atoms with Gasteiger partial charge in [0.1, 0.15) is 12.6 Å². The van der Waals surface area contributed by atoms with Gasteiger partial charge in [-0.2, -0.15) is 5.10 Å². The summed E-state index contributed by atoms with van der Waals surface area (Å²) in [5.41, 5.74) is 4.24. The number of nitrogens with one attached hydrogen (secondary N) is 2. The zero-order valence-corrected chi connectivity index (χ0v) is 24.6. The molecule has 0 saturated carbocycles. The van der Waals surface area contributed by atoms with E-state index in [1.807, 2.05) is 32.0 Å². The van der Waals surface area contributed by atoms with E-state index in [1.165, 1.54) is 31.5 Å². The standard InChI is InChI=1S/C27H25BrCl3N3O4/c1-15(2)24(33-26(35)17-8-9-21(30)22(31)12-17)27(36)34-32-13-16-10-19(28)25(23(11-16)37-3)38-14-18-6-4-5-7-20(18)29/h4-13,15,24H,14H2,1-3H3,(H,33,35)(H,34,36). The van der Waals surface area contributed by atoms with E-state index in [9.17, 15) is 9.59 Å². The number of carbonyl (C=O) groups is 2. The van der Waals surface area contributed by atoms with Gasteiger partial charge in [-0.3, -0.25) is 9.59 Å². The van der Waals surface area contributed by atoms with E-state index >= 15 is 0 Å². The number of hydrazone groups is 1. The van der Waals surface area contributed by atoms with Crippen molar-refractivity contribution in [1.82, 2.24) is 10.7 Å². The van der Waals surface area contributed by atoms with Crippen LogP contribution in [0.2, 0.25) is 15.1 Å². The Labute approximate surface area is 244 Å². The van der Waals surface area contributed by atoms with Crippen molar-refractivity contribution in [2.24, 2.45) is 11.0 Å². The van der Waals surface area contributed by atoms with Crippen LogP contribution >= 0.6 is 50.7 Å². The van der Waals surface area contributed by atoms with Crippen LogP contribution in [0.25, 0.3) is 0 Å². The highest BCUT2D eigenvalue weighted by Gasteiger charge is 2.25. The highest BCUT2D eigenvalue weighted by Crippen LogP contribution is 2.37. The first kappa shape index (κ1) is 29.8. The average Bonchev–Trinajstić information content (AvgIpc) is 2.88. The highest BCUT2D eigenvalue weighted by molar-refractivity contribution is 9.10. The Morgan fingerprint density at radius 2 is 1.76 bits per heavy atom. The Kier molecular flexibility index (Phi) is 10.8. The van der Waals surface area contributed by atoms with E-state index in [4.69, 9.17) is 44.3 Å². The number of rotatable bonds is 10. The number of ether oxygens (including phenoxy) is 2. The zero-order valence-electron chi connectivity index (χ0n) is 20.7. The third-order valence-corrected chi connectivity index (χ3v) is 7.08. The minimum absolute atomic E-state index is 0.208. The SMILES string of the molecule is COc1cc(C=NNC(=O)C(NC(=O)c2ccc(Cl)c(Cl)c2)C(C)C)cc(Br)c1OCc1ccccc1Cl. The number of hydrogen-bond acceptors (Lipinski definition) is 5. The average molecular weight is 642 g/mol. The van der Waals surface area contributed by atoms with Gasteiger partial charge in [0, 0.05) is 16.1 Å². The molecule has 0 bridgehead atoms. The van der Waals surface area contributed by atoms with Crippen molar-refractivity contribution in [3.63, 3.8) is 0 Å². The summed E-state index contributed by atoms with van der Waals surface area (Å²) in [6.45, 7) is 3.88. The van der Waals surface area contributed by atoms with Crippen molar-refractivity contribution in [3.05, 3.63) is 90.8 Å². The maximum Gasteiger partial charge on any atom is 0.262 e. The molecule has 1 unspecified atom stereocenters. The van der Waals surface area contributed by atoms with E-state index < -0.39 is 17.9 Å². The van der Waals surface area contributed by atoms with E-state index in [1.54, 1.807) is 18.2 Å². The molecule has 0 aliphatic rings. The minimum atomic E-state index is -0.837. The van der Waals surface area contributed by atoms with Gasteiger partial charge in [0.05, 0.1) is 27.8 Å². The number of carbonyl (C=O) groups excluding carboxylic acids is 2. The molecular formula is C27H25BrCl3N3O4. The normalized spacial score (nSPS) is 11.9. The van der Waals surface area contributed by atoms with Crippen LogP contribution in [0.15, 0.2) is 64.2 Å². The first-order valence-corrected chi connectivity index (χ1v) is 13.4. The molecule has 0 fully saturated rings. The Bertz CT molecular complexity index is 1350. The van der Waals surface area contributed by atoms with Gasteiger partial charge in [-0.15, -0.1) is 0 Å². The summed E-state index contributed by atoms with van der Waals surface area (Å²) < 4.78 is 12.1. The van der Waals surface area contributed by atoms with Gasteiger partial charge in [-0.05, 0) is 63.8 Å². The van der Waals surface area contributed by atoms with Gasteiger partial charge in [0.25, 0.3) is 11.8 Å². The molecule has 2 amide bonds. The predicted octanol–water partition coefficient (Wildman–Crippen LogP) is 6.90. The number of amides is 2. The van der Waals surface area contributed by atoms with E-state index in [0.29, 0.717) is 31.6 Å². The fourth-order valence-electron chi connectivity index (χ4n) is 3.36. The van der Waals surface area contributed by atoms with Crippen LogP contribution < -0.4 is 20.2 Å². The lowest BCUT2D eigenvalue weighted by Gasteiger charge is -2.20. The van der Waals surface area contributed by atoms with Crippen LogP contribution in [0.1, 0.15) is 35.3 Å². The predicted molar refractivity (Wildman–Crippen MR) is 155 cm³/mol. The quantitative estimate of drug-likeness (QED) is 0.186. The maximum atomic E-state index is 12.8. The lowest BCUT2D eigenvalue weighted by atomic mass is 10.0. The molecular weight excluding hydrogens is 617 g/mol. The largest absolute Gasteiger partial charge is 0.493 e. The van der Waals surface area contributed by atoms with Gasteiger partial charge >= 0.3 is 0 Å². The molecule has 3 rings (SSSR count). The molecule has 3 aromatic rings. The minimum Gasteiger partial charge on any atom is -0.493 e. The van der Waals surface area contributed by atoms with Gasteiger partial charge in [0.2, 0.25) is 0 Å². The van der Waals surface area contributed by atoms with E-state index in [2.05, 4.69) is 31.8 Å². The number of methoxy groups -OCH3 is 1. The van der Waals surface area contributed by atoms with Crippen LogP contribution in [0.4, 0.5) is 0 Å². The Morgan fingerprint density at radius 1 is 1.03 bits per heavy atom. The molecule has 7 nitrogen and oxygen atoms in total. The summed E-state index contributed by atoms with van der Waals surface area (Å²) in [6.07, 6.45) is 1.46. The van der Waals surface area contributed by atoms with E-state index in [0.717, 1.165) is 5.56 Å². The molecule has 0 aromatic heterocycles. The molecule has 2 N–H and O–H groups in total. The van der Waals surface area contributed by atoms with Crippen LogP contribution in [0, 0.1) is 5.92 Å². The maximum absolute atomic E-state index is 12.8. The lowest BCUT2D eigenvalue weighted by Crippen LogP contribution is -2.48. The summed E-state index contributed by atoms with van der Waals surface area (Å²) in [7, 11) is 1.52. The number of nitrogens with zero attached hydrogens (tertiary/aromatic N) is 1. The summed E-state index contributed by atoms with van der Waals surface area (Å²) in [5.74, 6) is -0.176. The van der Waals surface area contributed by atoms with Crippen LogP contribution in [0.3, 0.4) is 0 Å². The first-order chi connectivity index (χ1) is 18.1. The molecule has 38 heavy (non-hydrogen) atoms. The first-order valence-electron chi connectivity index (χ1n) is 11.4. The second kappa shape index (κ2) is 13.8. The third kappa shape index (κ3) is 7.86. The van der Waals surface area contributed by atoms with Gasteiger partial charge in [0.15, 0.2) is 11.5 Å². The molecule has 0 aliphatic heterocycles. The summed E-state index contributed by atoms with van der Waals surface area (Å²) in [5, 5.41) is 7.95. The van der Waals surface area contributed by atoms with Gasteiger partial charge < -0.3 is 14.8 Å². The summed E-state index contributed by atoms with van der Waals surface area (Å²) >= 11 is 21.6. The van der Waals surface area contributed by atoms with Crippen molar-refractivity contribution < 1.29 is 19.1 Å². The number of benzene rings is 3. The van der Waals surface area contributed by atoms with E-state index in [-0.39, 0.29) is 23.1 Å². The Hall–Kier alpha value is -2.78. The third-order valence-electron chi connectivity index (χ3n) is 5.39. The zero-order chi connectivity index (χ0) is 27.8. The van der Waals surface area contributed by atoms with Crippen molar-refractivity contribution in [1.29, 1.82) is 0 Å². The molecule has 0 radical (unpaired) electrons. The van der Waals surface area contributed by atoms with Crippen molar-refractivity contribution in [2.75, 3.05) is 7.11 Å². The molecule has 0 aliphatic carbocycles. The summed E-state index contributed by atoms with van der Waals surface area (Å²) in [4.78, 5) is 25.5. The topological polar surface area (TPSA) is 89.0 Å². The highest BCUT2D eigenvalue weighted by atomic mass is 79.9. The Morgan fingerprint density at radius 3 is 2.42 bits per heavy atom. The molecule has 200 valence electrons. The molecule has 0 saturated heterocycles. The second-order valence-electron chi connectivity index (χ2n) is 8.47. The Balaban J connectivity index is 1.67.